The lowest BCUT2D eigenvalue weighted by Crippen LogP contribution is -3.06. The Balaban J connectivity index is 1.34. The minimum atomic E-state index is 0.436. The molecule has 0 amide bonds. The van der Waals surface area contributed by atoms with Crippen LogP contribution in [0.1, 0.15) is 17.2 Å². The van der Waals surface area contributed by atoms with Gasteiger partial charge in [-0.05, 0) is 23.8 Å². The van der Waals surface area contributed by atoms with Crippen LogP contribution in [0.5, 0.6) is 0 Å². The van der Waals surface area contributed by atoms with Crippen LogP contribution < -0.4 is 4.90 Å². The van der Waals surface area contributed by atoms with Gasteiger partial charge in [-0.15, -0.1) is 10.2 Å². The predicted octanol–water partition coefficient (Wildman–Crippen LogP) is 4.07. The number of rotatable bonds is 6. The molecule has 2 heterocycles. The molecule has 1 atom stereocenters. The van der Waals surface area contributed by atoms with Crippen LogP contribution in [-0.2, 0) is 13.1 Å². The Labute approximate surface area is 180 Å². The Morgan fingerprint density at radius 1 is 0.839 bits per heavy atom. The molecule has 0 aliphatic rings. The first kappa shape index (κ1) is 19.2. The molecule has 6 nitrogen and oxygen atoms in total. The molecular formula is C25H23N4O2+. The number of nitrogens with zero attached hydrogens (tertiary/aromatic N) is 3. The highest BCUT2D eigenvalue weighted by Gasteiger charge is 2.22. The van der Waals surface area contributed by atoms with Crippen molar-refractivity contribution in [3.63, 3.8) is 0 Å². The van der Waals surface area contributed by atoms with Gasteiger partial charge in [0.15, 0.2) is 6.54 Å². The lowest BCUT2D eigenvalue weighted by atomic mass is 10.1. The van der Waals surface area contributed by atoms with Crippen LogP contribution >= 0.6 is 0 Å². The zero-order chi connectivity index (χ0) is 21.2. The largest absolute Gasteiger partial charge is 0.415 e. The summed E-state index contributed by atoms with van der Waals surface area (Å²) in [5.41, 5.74) is 3.69. The Bertz CT molecular complexity index is 1320. The second-order valence-corrected chi connectivity index (χ2v) is 7.82. The van der Waals surface area contributed by atoms with E-state index < -0.39 is 0 Å². The molecule has 0 spiro atoms. The van der Waals surface area contributed by atoms with Gasteiger partial charge in [-0.25, -0.2) is 0 Å². The smallest absolute Gasteiger partial charge is 0.271 e. The zero-order valence-corrected chi connectivity index (χ0v) is 17.5. The fourth-order valence-electron chi connectivity index (χ4n) is 3.86. The first-order valence-corrected chi connectivity index (χ1v) is 10.3. The fraction of sp³-hybridized carbons (Fsp3) is 0.160. The van der Waals surface area contributed by atoms with Crippen molar-refractivity contribution in [2.45, 2.75) is 20.0 Å². The summed E-state index contributed by atoms with van der Waals surface area (Å²) < 4.78 is 11.4. The molecule has 1 unspecified atom stereocenters. The van der Waals surface area contributed by atoms with Crippen LogP contribution in [0, 0.1) is 6.92 Å². The summed E-state index contributed by atoms with van der Waals surface area (Å²) in [7, 11) is 2.12. The van der Waals surface area contributed by atoms with E-state index in [1.807, 2.05) is 37.3 Å². The first-order chi connectivity index (χ1) is 15.2. The molecule has 0 saturated carbocycles. The van der Waals surface area contributed by atoms with Gasteiger partial charge in [-0.3, -0.25) is 0 Å². The van der Waals surface area contributed by atoms with Gasteiger partial charge >= 0.3 is 0 Å². The van der Waals surface area contributed by atoms with Gasteiger partial charge in [0.05, 0.1) is 7.05 Å². The van der Waals surface area contributed by atoms with Crippen LogP contribution in [0.25, 0.3) is 33.5 Å². The number of quaternary nitrogens is 1. The third kappa shape index (κ3) is 3.98. The summed E-state index contributed by atoms with van der Waals surface area (Å²) in [5.74, 6) is 1.69. The van der Waals surface area contributed by atoms with Crippen LogP contribution in [-0.4, -0.2) is 22.4 Å². The average molecular weight is 411 g/mol. The van der Waals surface area contributed by atoms with E-state index in [0.717, 1.165) is 17.7 Å². The topological polar surface area (TPSA) is 69.4 Å². The van der Waals surface area contributed by atoms with Gasteiger partial charge in [-0.2, -0.15) is 0 Å². The number of fused-ring (bicyclic) bond motifs is 1. The van der Waals surface area contributed by atoms with Gasteiger partial charge in [-0.1, -0.05) is 71.9 Å². The summed E-state index contributed by atoms with van der Waals surface area (Å²) in [4.78, 5) is 1.26. The summed E-state index contributed by atoms with van der Waals surface area (Å²) in [6, 6.07) is 24.9. The number of hydrogen-bond donors (Lipinski definition) is 1. The van der Waals surface area contributed by atoms with E-state index in [4.69, 9.17) is 8.94 Å². The van der Waals surface area contributed by atoms with Crippen LogP contribution in [0.2, 0.25) is 0 Å². The number of benzene rings is 3. The van der Waals surface area contributed by atoms with E-state index in [9.17, 15) is 0 Å². The Morgan fingerprint density at radius 3 is 2.45 bits per heavy atom. The maximum atomic E-state index is 6.01. The quantitative estimate of drug-likeness (QED) is 0.456. The molecule has 0 aliphatic carbocycles. The summed E-state index contributed by atoms with van der Waals surface area (Å²) in [6.45, 7) is 3.35. The number of hydrogen-bond acceptors (Lipinski definition) is 5. The lowest BCUT2D eigenvalue weighted by Gasteiger charge is -2.12. The SMILES string of the molecule is Cc1onc(-c2ccccc2)c1-c1nnc(C[NH+](C)Cc2ccc3ccccc3c2)o1. The van der Waals surface area contributed by atoms with Crippen molar-refractivity contribution in [1.29, 1.82) is 0 Å². The Kier molecular flexibility index (Phi) is 5.06. The van der Waals surface area contributed by atoms with E-state index in [2.05, 4.69) is 64.9 Å². The zero-order valence-electron chi connectivity index (χ0n) is 17.5. The van der Waals surface area contributed by atoms with Crippen molar-refractivity contribution in [1.82, 2.24) is 15.4 Å². The highest BCUT2D eigenvalue weighted by Crippen LogP contribution is 2.33. The Morgan fingerprint density at radius 2 is 1.61 bits per heavy atom. The third-order valence-corrected chi connectivity index (χ3v) is 5.36. The highest BCUT2D eigenvalue weighted by molar-refractivity contribution is 5.83. The van der Waals surface area contributed by atoms with E-state index >= 15 is 0 Å². The van der Waals surface area contributed by atoms with E-state index in [-0.39, 0.29) is 0 Å². The summed E-state index contributed by atoms with van der Waals surface area (Å²) in [5, 5.41) is 15.3. The molecule has 0 saturated heterocycles. The second-order valence-electron chi connectivity index (χ2n) is 7.82. The molecule has 5 aromatic rings. The van der Waals surface area contributed by atoms with E-state index in [0.29, 0.717) is 29.8 Å². The van der Waals surface area contributed by atoms with Crippen molar-refractivity contribution in [2.75, 3.05) is 7.05 Å². The number of nitrogens with one attached hydrogen (secondary N) is 1. The standard InChI is InChI=1S/C25H22N4O2/c1-17-23(24(28-31-17)20-9-4-3-5-10-20)25-27-26-22(30-25)16-29(2)15-18-12-13-19-8-6-7-11-21(19)14-18/h3-14H,15-16H2,1-2H3/p+1. The highest BCUT2D eigenvalue weighted by atomic mass is 16.5. The molecule has 0 fully saturated rings. The summed E-state index contributed by atoms with van der Waals surface area (Å²) >= 11 is 0. The number of aryl methyl sites for hydroxylation is 1. The molecule has 0 bridgehead atoms. The van der Waals surface area contributed by atoms with Crippen LogP contribution in [0.4, 0.5) is 0 Å². The molecular weight excluding hydrogens is 388 g/mol. The van der Waals surface area contributed by atoms with Gasteiger partial charge in [0.25, 0.3) is 11.8 Å². The molecule has 6 heteroatoms. The van der Waals surface area contributed by atoms with Crippen molar-refractivity contribution < 1.29 is 13.8 Å². The monoisotopic (exact) mass is 411 g/mol. The third-order valence-electron chi connectivity index (χ3n) is 5.36. The van der Waals surface area contributed by atoms with Crippen LogP contribution in [0.3, 0.4) is 0 Å². The van der Waals surface area contributed by atoms with Crippen molar-refractivity contribution in [2.24, 2.45) is 0 Å². The molecule has 5 rings (SSSR count). The molecule has 0 aliphatic heterocycles. The first-order valence-electron chi connectivity index (χ1n) is 10.3. The average Bonchev–Trinajstić information content (AvgIpc) is 3.40. The van der Waals surface area contributed by atoms with E-state index in [1.54, 1.807) is 0 Å². The molecule has 31 heavy (non-hydrogen) atoms. The minimum Gasteiger partial charge on any atom is -0.415 e. The van der Waals surface area contributed by atoms with E-state index in [1.165, 1.54) is 21.2 Å². The second kappa shape index (κ2) is 8.16. The maximum absolute atomic E-state index is 6.01. The molecule has 2 aromatic heterocycles. The normalized spacial score (nSPS) is 12.3. The van der Waals surface area contributed by atoms with Gasteiger partial charge in [0, 0.05) is 11.1 Å². The maximum Gasteiger partial charge on any atom is 0.271 e. The molecule has 154 valence electrons. The van der Waals surface area contributed by atoms with Crippen LogP contribution in [0.15, 0.2) is 81.7 Å². The van der Waals surface area contributed by atoms with Gasteiger partial charge in [0.1, 0.15) is 23.6 Å². The molecule has 3 aromatic carbocycles. The minimum absolute atomic E-state index is 0.436. The predicted molar refractivity (Wildman–Crippen MR) is 118 cm³/mol. The van der Waals surface area contributed by atoms with Crippen molar-refractivity contribution >= 4 is 10.8 Å². The molecule has 0 radical (unpaired) electrons. The molecule has 1 N–H and O–H groups in total. The van der Waals surface area contributed by atoms with Gasteiger partial charge < -0.3 is 13.8 Å². The van der Waals surface area contributed by atoms with Crippen molar-refractivity contribution in [3.05, 3.63) is 90.0 Å². The summed E-state index contributed by atoms with van der Waals surface area (Å²) in [6.07, 6.45) is 0. The van der Waals surface area contributed by atoms with Crippen molar-refractivity contribution in [3.8, 4) is 22.7 Å². The fourth-order valence-corrected chi connectivity index (χ4v) is 3.86. The number of aromatic nitrogens is 3. The lowest BCUT2D eigenvalue weighted by molar-refractivity contribution is -0.909. The van der Waals surface area contributed by atoms with Gasteiger partial charge in [0.2, 0.25) is 0 Å². The Hall–Kier alpha value is -3.77.